The Bertz CT molecular complexity index is 875. The van der Waals surface area contributed by atoms with Crippen molar-refractivity contribution in [3.63, 3.8) is 0 Å². The van der Waals surface area contributed by atoms with Crippen molar-refractivity contribution < 1.29 is 14.4 Å². The highest BCUT2D eigenvalue weighted by molar-refractivity contribution is 5.79. The second-order valence-corrected chi connectivity index (χ2v) is 10.2. The van der Waals surface area contributed by atoms with Gasteiger partial charge in [-0.25, -0.2) is 0 Å². The third kappa shape index (κ3) is 7.15. The van der Waals surface area contributed by atoms with Crippen LogP contribution in [0.4, 0.5) is 0 Å². The minimum Gasteiger partial charge on any atom is -0.355 e. The van der Waals surface area contributed by atoms with E-state index in [4.69, 9.17) is 0 Å². The highest BCUT2D eigenvalue weighted by Crippen LogP contribution is 2.38. The van der Waals surface area contributed by atoms with Crippen LogP contribution in [0.15, 0.2) is 36.0 Å². The fraction of sp³-hybridized carbons (Fsp3) is 0.630. The molecule has 0 spiro atoms. The van der Waals surface area contributed by atoms with E-state index in [9.17, 15) is 14.4 Å². The average molecular weight is 469 g/mol. The van der Waals surface area contributed by atoms with Gasteiger partial charge in [0, 0.05) is 45.1 Å². The third-order valence-corrected chi connectivity index (χ3v) is 7.53. The number of amides is 3. The van der Waals surface area contributed by atoms with Crippen molar-refractivity contribution in [3.8, 4) is 0 Å². The number of likely N-dealkylation sites (tertiary alicyclic amines) is 1. The van der Waals surface area contributed by atoms with Gasteiger partial charge in [0.15, 0.2) is 0 Å². The second kappa shape index (κ2) is 12.1. The van der Waals surface area contributed by atoms with E-state index in [2.05, 4.69) is 42.5 Å². The van der Waals surface area contributed by atoms with Gasteiger partial charge in [0.2, 0.25) is 17.7 Å². The van der Waals surface area contributed by atoms with Crippen LogP contribution in [0, 0.1) is 29.6 Å². The van der Waals surface area contributed by atoms with Gasteiger partial charge in [0.1, 0.15) is 0 Å². The van der Waals surface area contributed by atoms with Gasteiger partial charge in [-0.15, -0.1) is 0 Å². The van der Waals surface area contributed by atoms with Crippen LogP contribution in [0.2, 0.25) is 0 Å². The monoisotopic (exact) mass is 468 g/mol. The topological polar surface area (TPSA) is 91.4 Å². The summed E-state index contributed by atoms with van der Waals surface area (Å²) < 4.78 is 0. The Balaban J connectivity index is 1.52. The van der Waals surface area contributed by atoms with E-state index < -0.39 is 0 Å². The molecule has 3 unspecified atom stereocenters. The molecule has 3 rings (SSSR count). The molecule has 1 aliphatic carbocycles. The minimum absolute atomic E-state index is 0.0164. The summed E-state index contributed by atoms with van der Waals surface area (Å²) in [5.74, 6) is 1.59. The molecule has 0 bridgehead atoms. The number of aromatic nitrogens is 1. The zero-order chi connectivity index (χ0) is 24.7. The summed E-state index contributed by atoms with van der Waals surface area (Å²) in [5, 5.41) is 6.19. The summed E-state index contributed by atoms with van der Waals surface area (Å²) in [6.45, 7) is 10.5. The smallest absolute Gasteiger partial charge is 0.223 e. The molecule has 2 heterocycles. The fourth-order valence-corrected chi connectivity index (χ4v) is 5.31. The Morgan fingerprint density at radius 3 is 2.50 bits per heavy atom. The SMILES string of the molecule is CC(=O)N1CCC(C(=O)NCC2C=C(C)C(CC(=O)NCc3ccccn3)CC2C(C)C)CC1. The lowest BCUT2D eigenvalue weighted by molar-refractivity contribution is -0.134. The zero-order valence-electron chi connectivity index (χ0n) is 21.0. The number of hydrogen-bond donors (Lipinski definition) is 2. The molecule has 1 fully saturated rings. The van der Waals surface area contributed by atoms with Crippen molar-refractivity contribution in [2.45, 2.75) is 59.9 Å². The molecule has 0 aromatic carbocycles. The minimum atomic E-state index is -0.0164. The predicted molar refractivity (Wildman–Crippen MR) is 132 cm³/mol. The first-order chi connectivity index (χ1) is 16.2. The van der Waals surface area contributed by atoms with E-state index in [0.717, 1.165) is 25.0 Å². The van der Waals surface area contributed by atoms with Crippen LogP contribution >= 0.6 is 0 Å². The predicted octanol–water partition coefficient (Wildman–Crippen LogP) is 3.32. The molecule has 3 atom stereocenters. The first-order valence-corrected chi connectivity index (χ1v) is 12.6. The van der Waals surface area contributed by atoms with Crippen molar-refractivity contribution in [2.75, 3.05) is 19.6 Å². The molecular weight excluding hydrogens is 428 g/mol. The summed E-state index contributed by atoms with van der Waals surface area (Å²) in [7, 11) is 0. The van der Waals surface area contributed by atoms with E-state index in [1.165, 1.54) is 5.57 Å². The highest BCUT2D eigenvalue weighted by Gasteiger charge is 2.33. The molecule has 1 aromatic heterocycles. The molecule has 7 heteroatoms. The van der Waals surface area contributed by atoms with Gasteiger partial charge in [0.05, 0.1) is 12.2 Å². The molecule has 0 saturated carbocycles. The molecule has 2 aliphatic rings. The first kappa shape index (κ1) is 25.9. The number of pyridine rings is 1. The summed E-state index contributed by atoms with van der Waals surface area (Å²) in [6, 6.07) is 5.69. The normalized spacial score (nSPS) is 23.4. The van der Waals surface area contributed by atoms with Crippen molar-refractivity contribution in [1.29, 1.82) is 0 Å². The Labute approximate surface area is 203 Å². The maximum absolute atomic E-state index is 12.8. The fourth-order valence-electron chi connectivity index (χ4n) is 5.31. The van der Waals surface area contributed by atoms with Gasteiger partial charge >= 0.3 is 0 Å². The molecule has 34 heavy (non-hydrogen) atoms. The number of nitrogens with one attached hydrogen (secondary N) is 2. The lowest BCUT2D eigenvalue weighted by atomic mass is 9.69. The molecule has 1 aromatic rings. The number of carbonyl (C=O) groups excluding carboxylic acids is 3. The van der Waals surface area contributed by atoms with E-state index in [-0.39, 0.29) is 35.5 Å². The van der Waals surface area contributed by atoms with Crippen molar-refractivity contribution in [1.82, 2.24) is 20.5 Å². The van der Waals surface area contributed by atoms with E-state index in [1.807, 2.05) is 23.1 Å². The number of hydrogen-bond acceptors (Lipinski definition) is 4. The van der Waals surface area contributed by atoms with Crippen LogP contribution in [-0.4, -0.2) is 47.2 Å². The molecule has 3 amide bonds. The molecule has 1 aliphatic heterocycles. The molecule has 1 saturated heterocycles. The van der Waals surface area contributed by atoms with E-state index in [1.54, 1.807) is 13.1 Å². The number of nitrogens with zero attached hydrogens (tertiary/aromatic N) is 2. The van der Waals surface area contributed by atoms with E-state index >= 15 is 0 Å². The lowest BCUT2D eigenvalue weighted by Gasteiger charge is -2.37. The molecule has 186 valence electrons. The van der Waals surface area contributed by atoms with Crippen LogP contribution < -0.4 is 10.6 Å². The maximum atomic E-state index is 12.8. The summed E-state index contributed by atoms with van der Waals surface area (Å²) in [5.41, 5.74) is 2.09. The summed E-state index contributed by atoms with van der Waals surface area (Å²) in [4.78, 5) is 43.0. The number of allylic oxidation sites excluding steroid dienone is 1. The molecule has 2 N–H and O–H groups in total. The average Bonchev–Trinajstić information content (AvgIpc) is 2.83. The molecule has 0 radical (unpaired) electrons. The third-order valence-electron chi connectivity index (χ3n) is 7.53. The lowest BCUT2D eigenvalue weighted by Crippen LogP contribution is -2.44. The Hall–Kier alpha value is -2.70. The number of piperidine rings is 1. The molecular formula is C27H40N4O3. The maximum Gasteiger partial charge on any atom is 0.223 e. The van der Waals surface area contributed by atoms with Crippen molar-refractivity contribution >= 4 is 17.7 Å². The zero-order valence-corrected chi connectivity index (χ0v) is 21.0. The summed E-state index contributed by atoms with van der Waals surface area (Å²) >= 11 is 0. The second-order valence-electron chi connectivity index (χ2n) is 10.2. The van der Waals surface area contributed by atoms with Gasteiger partial charge in [-0.1, -0.05) is 31.6 Å². The van der Waals surface area contributed by atoms with Crippen LogP contribution in [0.25, 0.3) is 0 Å². The van der Waals surface area contributed by atoms with Crippen LogP contribution in [-0.2, 0) is 20.9 Å². The first-order valence-electron chi connectivity index (χ1n) is 12.6. The van der Waals surface area contributed by atoms with Crippen LogP contribution in [0.5, 0.6) is 0 Å². The van der Waals surface area contributed by atoms with Gasteiger partial charge in [-0.3, -0.25) is 19.4 Å². The van der Waals surface area contributed by atoms with Gasteiger partial charge in [-0.05, 0) is 62.0 Å². The van der Waals surface area contributed by atoms with Crippen LogP contribution in [0.1, 0.15) is 59.1 Å². The van der Waals surface area contributed by atoms with Gasteiger partial charge < -0.3 is 15.5 Å². The quantitative estimate of drug-likeness (QED) is 0.573. The summed E-state index contributed by atoms with van der Waals surface area (Å²) in [6.07, 6.45) is 6.91. The van der Waals surface area contributed by atoms with Crippen molar-refractivity contribution in [3.05, 3.63) is 41.7 Å². The largest absolute Gasteiger partial charge is 0.355 e. The molecule has 7 nitrogen and oxygen atoms in total. The Kier molecular flexibility index (Phi) is 9.25. The van der Waals surface area contributed by atoms with E-state index in [0.29, 0.717) is 44.4 Å². The highest BCUT2D eigenvalue weighted by atomic mass is 16.2. The van der Waals surface area contributed by atoms with Crippen molar-refractivity contribution in [2.24, 2.45) is 29.6 Å². The van der Waals surface area contributed by atoms with Crippen LogP contribution in [0.3, 0.4) is 0 Å². The number of rotatable bonds is 8. The Morgan fingerprint density at radius 2 is 1.88 bits per heavy atom. The van der Waals surface area contributed by atoms with Gasteiger partial charge in [0.25, 0.3) is 0 Å². The van der Waals surface area contributed by atoms with Gasteiger partial charge in [-0.2, -0.15) is 0 Å². The standard InChI is InChI=1S/C27H40N4O3/c1-18(2)25-14-22(15-26(33)29-17-24-7-5-6-10-28-24)19(3)13-23(25)16-30-27(34)21-8-11-31(12-9-21)20(4)32/h5-7,10,13,18,21-23,25H,8-9,11-12,14-17H2,1-4H3,(H,29,33)(H,30,34). The number of carbonyl (C=O) groups is 3. The Morgan fingerprint density at radius 1 is 1.15 bits per heavy atom.